The zero-order valence-electron chi connectivity index (χ0n) is 7.20. The Bertz CT molecular complexity index is 137. The maximum atomic E-state index is 3.99. The molecule has 0 amide bonds. The van der Waals surface area contributed by atoms with E-state index in [9.17, 15) is 0 Å². The van der Waals surface area contributed by atoms with Crippen LogP contribution in [-0.4, -0.2) is 5.54 Å². The summed E-state index contributed by atoms with van der Waals surface area (Å²) < 4.78 is 0. The lowest BCUT2D eigenvalue weighted by Gasteiger charge is -2.23. The van der Waals surface area contributed by atoms with Crippen molar-refractivity contribution in [3.8, 4) is 0 Å². The van der Waals surface area contributed by atoms with E-state index in [-0.39, 0.29) is 5.54 Å². The van der Waals surface area contributed by atoms with E-state index in [1.54, 1.807) is 0 Å². The van der Waals surface area contributed by atoms with E-state index in [4.69, 9.17) is 0 Å². The van der Waals surface area contributed by atoms with Gasteiger partial charge in [-0.15, -0.1) is 0 Å². The highest BCUT2D eigenvalue weighted by Crippen LogP contribution is 2.34. The van der Waals surface area contributed by atoms with Crippen molar-refractivity contribution in [3.05, 3.63) is 12.3 Å². The van der Waals surface area contributed by atoms with E-state index in [0.29, 0.717) is 0 Å². The Kier molecular flexibility index (Phi) is 1.76. The van der Waals surface area contributed by atoms with Gasteiger partial charge in [0.1, 0.15) is 0 Å². The molecule has 0 saturated heterocycles. The summed E-state index contributed by atoms with van der Waals surface area (Å²) in [5.74, 6) is 0.777. The summed E-state index contributed by atoms with van der Waals surface area (Å²) in [4.78, 5) is 0. The van der Waals surface area contributed by atoms with Crippen molar-refractivity contribution in [1.82, 2.24) is 5.32 Å². The molecule has 1 saturated carbocycles. The molecule has 0 heterocycles. The van der Waals surface area contributed by atoms with Crippen molar-refractivity contribution in [3.63, 3.8) is 0 Å². The van der Waals surface area contributed by atoms with Gasteiger partial charge in [-0.05, 0) is 39.5 Å². The maximum Gasteiger partial charge on any atom is 0.0286 e. The maximum absolute atomic E-state index is 3.99. The summed E-state index contributed by atoms with van der Waals surface area (Å²) in [7, 11) is 0. The lowest BCUT2D eigenvalue weighted by Crippen LogP contribution is -2.35. The quantitative estimate of drug-likeness (QED) is 0.619. The smallest absolute Gasteiger partial charge is 0.0286 e. The van der Waals surface area contributed by atoms with Gasteiger partial charge in [0.05, 0.1) is 0 Å². The zero-order valence-corrected chi connectivity index (χ0v) is 7.20. The van der Waals surface area contributed by atoms with Gasteiger partial charge in [-0.2, -0.15) is 0 Å². The van der Waals surface area contributed by atoms with Crippen LogP contribution in [-0.2, 0) is 0 Å². The molecule has 1 aliphatic rings. The Morgan fingerprint density at radius 3 is 2.20 bits per heavy atom. The summed E-state index contributed by atoms with van der Waals surface area (Å²) in [6, 6.07) is 0. The van der Waals surface area contributed by atoms with Gasteiger partial charge in [-0.1, -0.05) is 6.58 Å². The summed E-state index contributed by atoms with van der Waals surface area (Å²) in [6.07, 6.45) is 2.67. The molecule has 0 aromatic heterocycles. The summed E-state index contributed by atoms with van der Waals surface area (Å²) in [6.45, 7) is 10.5. The lowest BCUT2D eigenvalue weighted by molar-refractivity contribution is 0.461. The van der Waals surface area contributed by atoms with Crippen LogP contribution in [0.2, 0.25) is 0 Å². The molecular formula is C9H17N. The van der Waals surface area contributed by atoms with Crippen molar-refractivity contribution in [2.75, 3.05) is 0 Å². The van der Waals surface area contributed by atoms with Crippen molar-refractivity contribution in [2.45, 2.75) is 39.2 Å². The fourth-order valence-electron chi connectivity index (χ4n) is 1.02. The first-order chi connectivity index (χ1) is 4.49. The SMILES string of the molecule is C=C(NC(C)(C)C)C1CC1. The van der Waals surface area contributed by atoms with Crippen LogP contribution in [0.4, 0.5) is 0 Å². The molecule has 0 atom stereocenters. The second-order valence-corrected chi connectivity index (χ2v) is 4.17. The Balaban J connectivity index is 2.30. The van der Waals surface area contributed by atoms with Crippen LogP contribution in [0.15, 0.2) is 12.3 Å². The number of rotatable bonds is 2. The number of allylic oxidation sites excluding steroid dienone is 1. The average Bonchev–Trinajstić information content (AvgIpc) is 2.35. The molecule has 0 spiro atoms. The van der Waals surface area contributed by atoms with Crippen LogP contribution >= 0.6 is 0 Å². The fourth-order valence-corrected chi connectivity index (χ4v) is 1.02. The van der Waals surface area contributed by atoms with E-state index in [1.165, 1.54) is 18.5 Å². The molecule has 1 aliphatic carbocycles. The topological polar surface area (TPSA) is 12.0 Å². The Morgan fingerprint density at radius 1 is 1.40 bits per heavy atom. The van der Waals surface area contributed by atoms with E-state index >= 15 is 0 Å². The Morgan fingerprint density at radius 2 is 1.90 bits per heavy atom. The predicted molar refractivity (Wildman–Crippen MR) is 44.8 cm³/mol. The minimum atomic E-state index is 0.194. The zero-order chi connectivity index (χ0) is 7.78. The van der Waals surface area contributed by atoms with Crippen LogP contribution in [0, 0.1) is 5.92 Å². The molecule has 0 aromatic rings. The van der Waals surface area contributed by atoms with Crippen LogP contribution < -0.4 is 5.32 Å². The van der Waals surface area contributed by atoms with E-state index < -0.39 is 0 Å². The molecule has 1 nitrogen and oxygen atoms in total. The third-order valence-corrected chi connectivity index (χ3v) is 1.61. The second kappa shape index (κ2) is 2.30. The minimum absolute atomic E-state index is 0.194. The summed E-state index contributed by atoms with van der Waals surface area (Å²) in [5, 5.41) is 3.39. The highest BCUT2D eigenvalue weighted by atomic mass is 15.0. The van der Waals surface area contributed by atoms with Gasteiger partial charge in [-0.3, -0.25) is 0 Å². The normalized spacial score (nSPS) is 18.7. The third-order valence-electron chi connectivity index (χ3n) is 1.61. The van der Waals surface area contributed by atoms with Crippen molar-refractivity contribution < 1.29 is 0 Å². The summed E-state index contributed by atoms with van der Waals surface area (Å²) in [5.41, 5.74) is 1.42. The highest BCUT2D eigenvalue weighted by Gasteiger charge is 2.26. The minimum Gasteiger partial charge on any atom is -0.384 e. The van der Waals surface area contributed by atoms with Gasteiger partial charge >= 0.3 is 0 Å². The van der Waals surface area contributed by atoms with Crippen molar-refractivity contribution >= 4 is 0 Å². The highest BCUT2D eigenvalue weighted by molar-refractivity contribution is 5.07. The molecule has 0 unspecified atom stereocenters. The largest absolute Gasteiger partial charge is 0.384 e. The first-order valence-corrected chi connectivity index (χ1v) is 3.96. The van der Waals surface area contributed by atoms with Gasteiger partial charge in [0.25, 0.3) is 0 Å². The molecule has 0 bridgehead atoms. The molecule has 58 valence electrons. The summed E-state index contributed by atoms with van der Waals surface area (Å²) >= 11 is 0. The molecular weight excluding hydrogens is 122 g/mol. The van der Waals surface area contributed by atoms with E-state index in [1.807, 2.05) is 0 Å². The number of hydrogen-bond donors (Lipinski definition) is 1. The molecule has 10 heavy (non-hydrogen) atoms. The average molecular weight is 139 g/mol. The molecule has 0 aliphatic heterocycles. The van der Waals surface area contributed by atoms with Crippen LogP contribution in [0.3, 0.4) is 0 Å². The molecule has 0 radical (unpaired) electrons. The van der Waals surface area contributed by atoms with Crippen molar-refractivity contribution in [2.24, 2.45) is 5.92 Å². The van der Waals surface area contributed by atoms with Gasteiger partial charge in [0.15, 0.2) is 0 Å². The van der Waals surface area contributed by atoms with E-state index in [2.05, 4.69) is 32.7 Å². The molecule has 1 N–H and O–H groups in total. The molecule has 1 fully saturated rings. The standard InChI is InChI=1S/C9H17N/c1-7(8-5-6-8)10-9(2,3)4/h8,10H,1,5-6H2,2-4H3. The number of nitrogens with one attached hydrogen (secondary N) is 1. The third kappa shape index (κ3) is 2.42. The number of hydrogen-bond acceptors (Lipinski definition) is 1. The Hall–Kier alpha value is -0.460. The van der Waals surface area contributed by atoms with Gasteiger partial charge in [-0.25, -0.2) is 0 Å². The molecule has 0 aromatic carbocycles. The monoisotopic (exact) mass is 139 g/mol. The van der Waals surface area contributed by atoms with E-state index in [0.717, 1.165) is 5.92 Å². The van der Waals surface area contributed by atoms with Crippen LogP contribution in [0.25, 0.3) is 0 Å². The first-order valence-electron chi connectivity index (χ1n) is 3.96. The van der Waals surface area contributed by atoms with Crippen molar-refractivity contribution in [1.29, 1.82) is 0 Å². The molecule has 1 heteroatoms. The Labute approximate surface area is 63.5 Å². The van der Waals surface area contributed by atoms with Gasteiger partial charge < -0.3 is 5.32 Å². The van der Waals surface area contributed by atoms with Crippen LogP contribution in [0.1, 0.15) is 33.6 Å². The van der Waals surface area contributed by atoms with Gasteiger partial charge in [0.2, 0.25) is 0 Å². The second-order valence-electron chi connectivity index (χ2n) is 4.17. The van der Waals surface area contributed by atoms with Crippen LogP contribution in [0.5, 0.6) is 0 Å². The first kappa shape index (κ1) is 7.64. The van der Waals surface area contributed by atoms with Gasteiger partial charge in [0, 0.05) is 11.2 Å². The predicted octanol–water partition coefficient (Wildman–Crippen LogP) is 2.30. The molecule has 1 rings (SSSR count). The lowest BCUT2D eigenvalue weighted by atomic mass is 10.1. The fraction of sp³-hybridized carbons (Fsp3) is 0.778.